The number of aryl methyl sites for hydroxylation is 1. The maximum atomic E-state index is 14.7. The molecule has 0 unspecified atom stereocenters. The van der Waals surface area contributed by atoms with Crippen molar-refractivity contribution in [1.82, 2.24) is 10.2 Å². The van der Waals surface area contributed by atoms with E-state index in [1.165, 1.54) is 35.2 Å². The Kier molecular flexibility index (Phi) is 12.2. The SMILES string of the molecule is Cc1ccc(S(=O)(=O)N(CC(=O)N(Cc2ccc(Br)cc2)[C@@H](Cc2ccccc2)C(=O)NC2CCCCC2)c2cc(Cl)cc(Cl)c2)cc1. The highest BCUT2D eigenvalue weighted by atomic mass is 79.9. The molecule has 48 heavy (non-hydrogen) atoms. The second-order valence-corrected chi connectivity index (χ2v) is 15.8. The van der Waals surface area contributed by atoms with Crippen LogP contribution in [0.15, 0.2) is 106 Å². The standard InChI is InChI=1S/C37H38BrCl2N3O4S/c1-26-12-18-34(19-13-26)48(46,47)43(33-22-30(39)21-31(40)23-33)25-36(44)42(24-28-14-16-29(38)17-15-28)35(20-27-8-4-2-5-9-27)37(45)41-32-10-6-3-7-11-32/h2,4-5,8-9,12-19,21-23,32,35H,3,6-7,10-11,20,24-25H2,1H3,(H,41,45)/t35-/m0/s1. The number of hydrogen-bond acceptors (Lipinski definition) is 4. The summed E-state index contributed by atoms with van der Waals surface area (Å²) in [4.78, 5) is 30.4. The molecule has 2 amide bonds. The lowest BCUT2D eigenvalue weighted by atomic mass is 9.94. The van der Waals surface area contributed by atoms with Gasteiger partial charge in [0.05, 0.1) is 10.6 Å². The van der Waals surface area contributed by atoms with Crippen molar-refractivity contribution in [2.75, 3.05) is 10.8 Å². The summed E-state index contributed by atoms with van der Waals surface area (Å²) in [6, 6.07) is 26.9. The molecule has 1 atom stereocenters. The van der Waals surface area contributed by atoms with Crippen LogP contribution in [0.3, 0.4) is 0 Å². The zero-order valence-corrected chi connectivity index (χ0v) is 30.5. The Bertz CT molecular complexity index is 1800. The highest BCUT2D eigenvalue weighted by molar-refractivity contribution is 9.10. The van der Waals surface area contributed by atoms with E-state index in [2.05, 4.69) is 21.2 Å². The number of benzene rings is 4. The van der Waals surface area contributed by atoms with Gasteiger partial charge in [0.2, 0.25) is 11.8 Å². The average Bonchev–Trinajstić information content (AvgIpc) is 3.06. The van der Waals surface area contributed by atoms with Crippen LogP contribution in [0, 0.1) is 6.92 Å². The summed E-state index contributed by atoms with van der Waals surface area (Å²) in [5.41, 5.74) is 2.68. The van der Waals surface area contributed by atoms with Gasteiger partial charge in [-0.05, 0) is 73.4 Å². The summed E-state index contributed by atoms with van der Waals surface area (Å²) in [7, 11) is -4.28. The molecule has 1 aliphatic carbocycles. The fourth-order valence-corrected chi connectivity index (χ4v) is 8.11. The van der Waals surface area contributed by atoms with Gasteiger partial charge in [0.15, 0.2) is 0 Å². The number of amides is 2. The minimum Gasteiger partial charge on any atom is -0.352 e. The molecule has 0 aromatic heterocycles. The molecule has 0 saturated heterocycles. The first-order valence-electron chi connectivity index (χ1n) is 15.9. The molecular weight excluding hydrogens is 733 g/mol. The molecule has 7 nitrogen and oxygen atoms in total. The van der Waals surface area contributed by atoms with Gasteiger partial charge in [0.25, 0.3) is 10.0 Å². The van der Waals surface area contributed by atoms with E-state index >= 15 is 0 Å². The number of sulfonamides is 1. The Morgan fingerprint density at radius 2 is 1.48 bits per heavy atom. The van der Waals surface area contributed by atoms with Gasteiger partial charge in [-0.25, -0.2) is 8.42 Å². The molecule has 0 radical (unpaired) electrons. The topological polar surface area (TPSA) is 86.8 Å². The lowest BCUT2D eigenvalue weighted by Gasteiger charge is -2.35. The molecule has 0 spiro atoms. The van der Waals surface area contributed by atoms with Crippen molar-refractivity contribution in [3.63, 3.8) is 0 Å². The summed E-state index contributed by atoms with van der Waals surface area (Å²) in [6.07, 6.45) is 5.20. The third-order valence-electron chi connectivity index (χ3n) is 8.51. The number of carbonyl (C=O) groups is 2. The average molecular weight is 772 g/mol. The highest BCUT2D eigenvalue weighted by Gasteiger charge is 2.35. The third kappa shape index (κ3) is 9.41. The second kappa shape index (κ2) is 16.4. The summed E-state index contributed by atoms with van der Waals surface area (Å²) in [6.45, 7) is 1.35. The Hall–Kier alpha value is -3.37. The highest BCUT2D eigenvalue weighted by Crippen LogP contribution is 2.31. The quantitative estimate of drug-likeness (QED) is 0.157. The minimum absolute atomic E-state index is 0.00679. The zero-order chi connectivity index (χ0) is 34.3. The van der Waals surface area contributed by atoms with Gasteiger partial charge < -0.3 is 10.2 Å². The van der Waals surface area contributed by atoms with Crippen LogP contribution in [0.25, 0.3) is 0 Å². The Morgan fingerprint density at radius 3 is 2.10 bits per heavy atom. The number of anilines is 1. The van der Waals surface area contributed by atoms with Crippen molar-refractivity contribution in [2.45, 2.75) is 69.0 Å². The first kappa shape index (κ1) is 35.9. The molecule has 11 heteroatoms. The molecule has 1 fully saturated rings. The normalized spacial score (nSPS) is 14.2. The predicted molar refractivity (Wildman–Crippen MR) is 196 cm³/mol. The van der Waals surface area contributed by atoms with Crippen LogP contribution < -0.4 is 9.62 Å². The van der Waals surface area contributed by atoms with Crippen molar-refractivity contribution < 1.29 is 18.0 Å². The molecule has 5 rings (SSSR count). The van der Waals surface area contributed by atoms with Crippen LogP contribution >= 0.6 is 39.1 Å². The van der Waals surface area contributed by atoms with Crippen LogP contribution in [-0.4, -0.2) is 43.8 Å². The first-order chi connectivity index (χ1) is 23.0. The lowest BCUT2D eigenvalue weighted by molar-refractivity contribution is -0.140. The van der Waals surface area contributed by atoms with Crippen molar-refractivity contribution in [1.29, 1.82) is 0 Å². The van der Waals surface area contributed by atoms with Gasteiger partial charge in [0.1, 0.15) is 12.6 Å². The zero-order valence-electron chi connectivity index (χ0n) is 26.6. The van der Waals surface area contributed by atoms with E-state index in [1.807, 2.05) is 61.5 Å². The smallest absolute Gasteiger partial charge is 0.264 e. The van der Waals surface area contributed by atoms with E-state index in [9.17, 15) is 18.0 Å². The number of nitrogens with one attached hydrogen (secondary N) is 1. The fourth-order valence-electron chi connectivity index (χ4n) is 5.93. The van der Waals surface area contributed by atoms with Gasteiger partial charge in [-0.1, -0.05) is 119 Å². The number of halogens is 3. The monoisotopic (exact) mass is 769 g/mol. The van der Waals surface area contributed by atoms with E-state index in [-0.39, 0.29) is 45.5 Å². The van der Waals surface area contributed by atoms with Crippen LogP contribution in [0.5, 0.6) is 0 Å². The minimum atomic E-state index is -4.28. The van der Waals surface area contributed by atoms with E-state index in [0.717, 1.165) is 57.6 Å². The Balaban J connectivity index is 1.58. The summed E-state index contributed by atoms with van der Waals surface area (Å²) >= 11 is 16.2. The first-order valence-corrected chi connectivity index (χ1v) is 18.9. The molecule has 1 N–H and O–H groups in total. The summed E-state index contributed by atoms with van der Waals surface area (Å²) in [5.74, 6) is -0.820. The Labute approximate surface area is 301 Å². The number of rotatable bonds is 12. The second-order valence-electron chi connectivity index (χ2n) is 12.1. The van der Waals surface area contributed by atoms with E-state index < -0.39 is 28.5 Å². The largest absolute Gasteiger partial charge is 0.352 e. The molecule has 4 aromatic rings. The van der Waals surface area contributed by atoms with Gasteiger partial charge in [-0.3, -0.25) is 13.9 Å². The Morgan fingerprint density at radius 1 is 0.854 bits per heavy atom. The van der Waals surface area contributed by atoms with Crippen molar-refractivity contribution >= 4 is 66.7 Å². The number of carbonyl (C=O) groups excluding carboxylic acids is 2. The van der Waals surface area contributed by atoms with Crippen molar-refractivity contribution in [2.24, 2.45) is 0 Å². The maximum Gasteiger partial charge on any atom is 0.264 e. The molecular formula is C37H38BrCl2N3O4S. The van der Waals surface area contributed by atoms with E-state index in [0.29, 0.717) is 0 Å². The molecule has 0 bridgehead atoms. The molecule has 4 aromatic carbocycles. The fraction of sp³-hybridized carbons (Fsp3) is 0.297. The molecule has 1 saturated carbocycles. The number of hydrogen-bond donors (Lipinski definition) is 1. The molecule has 1 aliphatic rings. The van der Waals surface area contributed by atoms with E-state index in [1.54, 1.807) is 12.1 Å². The van der Waals surface area contributed by atoms with Crippen molar-refractivity contribution in [3.8, 4) is 0 Å². The van der Waals surface area contributed by atoms with Gasteiger partial charge in [-0.2, -0.15) is 0 Å². The third-order valence-corrected chi connectivity index (χ3v) is 11.3. The predicted octanol–water partition coefficient (Wildman–Crippen LogP) is 8.35. The lowest BCUT2D eigenvalue weighted by Crippen LogP contribution is -2.55. The van der Waals surface area contributed by atoms with Gasteiger partial charge in [-0.15, -0.1) is 0 Å². The maximum absolute atomic E-state index is 14.7. The van der Waals surface area contributed by atoms with Crippen LogP contribution in [0.4, 0.5) is 5.69 Å². The number of nitrogens with zero attached hydrogens (tertiary/aromatic N) is 2. The van der Waals surface area contributed by atoms with Crippen LogP contribution in [0.2, 0.25) is 10.0 Å². The van der Waals surface area contributed by atoms with Gasteiger partial charge >= 0.3 is 0 Å². The van der Waals surface area contributed by atoms with Crippen LogP contribution in [0.1, 0.15) is 48.8 Å². The van der Waals surface area contributed by atoms with Gasteiger partial charge in [0, 0.05) is 33.5 Å². The van der Waals surface area contributed by atoms with Crippen LogP contribution in [-0.2, 0) is 32.6 Å². The van der Waals surface area contributed by atoms with Crippen molar-refractivity contribution in [3.05, 3.63) is 128 Å². The summed E-state index contributed by atoms with van der Waals surface area (Å²) < 4.78 is 30.4. The summed E-state index contributed by atoms with van der Waals surface area (Å²) in [5, 5.41) is 3.66. The molecule has 0 aliphatic heterocycles. The molecule has 0 heterocycles. The molecule has 252 valence electrons. The van der Waals surface area contributed by atoms with E-state index in [4.69, 9.17) is 23.2 Å².